The summed E-state index contributed by atoms with van der Waals surface area (Å²) in [5.74, 6) is 0.882. The van der Waals surface area contributed by atoms with Crippen molar-refractivity contribution in [3.05, 3.63) is 33.9 Å². The molecule has 0 saturated carbocycles. The summed E-state index contributed by atoms with van der Waals surface area (Å²) in [5, 5.41) is 10.4. The largest absolute Gasteiger partial charge is 0.329 e. The van der Waals surface area contributed by atoms with Gasteiger partial charge in [0.2, 0.25) is 0 Å². The zero-order chi connectivity index (χ0) is 8.55. The van der Waals surface area contributed by atoms with Crippen molar-refractivity contribution in [2.45, 2.75) is 5.75 Å². The molecule has 1 aromatic rings. The smallest absolute Gasteiger partial charge is 0.271 e. The highest BCUT2D eigenvalue weighted by atomic mass is 32.2. The van der Waals surface area contributed by atoms with Gasteiger partial charge in [-0.25, -0.2) is 0 Å². The SMILES string of the molecule is O=[N+]([O-])c1ccc2c(c1)NSC2. The van der Waals surface area contributed by atoms with Crippen molar-refractivity contribution in [2.24, 2.45) is 0 Å². The first-order chi connectivity index (χ1) is 5.77. The van der Waals surface area contributed by atoms with E-state index in [0.29, 0.717) is 0 Å². The maximum Gasteiger partial charge on any atom is 0.271 e. The van der Waals surface area contributed by atoms with Crippen molar-refractivity contribution in [3.63, 3.8) is 0 Å². The number of benzene rings is 1. The second kappa shape index (κ2) is 2.67. The summed E-state index contributed by atoms with van der Waals surface area (Å²) in [7, 11) is 0. The Balaban J connectivity index is 2.45. The molecule has 0 radical (unpaired) electrons. The second-order valence-electron chi connectivity index (χ2n) is 2.49. The number of anilines is 1. The van der Waals surface area contributed by atoms with Crippen molar-refractivity contribution in [1.82, 2.24) is 0 Å². The van der Waals surface area contributed by atoms with Crippen molar-refractivity contribution in [2.75, 3.05) is 4.72 Å². The van der Waals surface area contributed by atoms with E-state index >= 15 is 0 Å². The van der Waals surface area contributed by atoms with Gasteiger partial charge >= 0.3 is 0 Å². The van der Waals surface area contributed by atoms with Crippen LogP contribution in [-0.4, -0.2) is 4.92 Å². The fourth-order valence-corrected chi connectivity index (χ4v) is 1.92. The molecule has 0 atom stereocenters. The molecular formula is C7H6N2O2S. The molecule has 0 aliphatic carbocycles. The molecule has 1 aliphatic heterocycles. The van der Waals surface area contributed by atoms with Crippen LogP contribution in [0.4, 0.5) is 11.4 Å². The number of hydrogen-bond donors (Lipinski definition) is 1. The summed E-state index contributed by atoms with van der Waals surface area (Å²) in [6.45, 7) is 0. The van der Waals surface area contributed by atoms with Crippen LogP contribution in [0.3, 0.4) is 0 Å². The molecule has 0 unspecified atom stereocenters. The van der Waals surface area contributed by atoms with Crippen molar-refractivity contribution >= 4 is 23.3 Å². The Kier molecular flexibility index (Phi) is 1.65. The number of nitro benzene ring substituents is 1. The van der Waals surface area contributed by atoms with Crippen molar-refractivity contribution in [3.8, 4) is 0 Å². The maximum atomic E-state index is 10.4. The molecule has 4 nitrogen and oxygen atoms in total. The zero-order valence-corrected chi connectivity index (χ0v) is 6.93. The van der Waals surface area contributed by atoms with E-state index in [4.69, 9.17) is 0 Å². The van der Waals surface area contributed by atoms with Crippen molar-refractivity contribution in [1.29, 1.82) is 0 Å². The first-order valence-electron chi connectivity index (χ1n) is 3.42. The molecule has 1 N–H and O–H groups in total. The Morgan fingerprint density at radius 1 is 1.58 bits per heavy atom. The van der Waals surface area contributed by atoms with Gasteiger partial charge in [-0.1, -0.05) is 0 Å². The lowest BCUT2D eigenvalue weighted by Crippen LogP contribution is -1.89. The Labute approximate surface area is 73.3 Å². The average Bonchev–Trinajstić information content (AvgIpc) is 2.49. The van der Waals surface area contributed by atoms with Crippen molar-refractivity contribution < 1.29 is 4.92 Å². The standard InChI is InChI=1S/C7H6N2O2S/c10-9(11)6-2-1-5-4-12-8-7(5)3-6/h1-3,8H,4H2. The molecule has 0 fully saturated rings. The maximum absolute atomic E-state index is 10.4. The Morgan fingerprint density at radius 2 is 2.42 bits per heavy atom. The lowest BCUT2D eigenvalue weighted by Gasteiger charge is -1.96. The zero-order valence-electron chi connectivity index (χ0n) is 6.11. The highest BCUT2D eigenvalue weighted by Gasteiger charge is 2.14. The Bertz CT molecular complexity index is 340. The summed E-state index contributed by atoms with van der Waals surface area (Å²) < 4.78 is 3.01. The quantitative estimate of drug-likeness (QED) is 0.411. The van der Waals surface area contributed by atoms with Crippen LogP contribution in [0.15, 0.2) is 18.2 Å². The summed E-state index contributed by atoms with van der Waals surface area (Å²) in [6, 6.07) is 4.89. The number of hydrogen-bond acceptors (Lipinski definition) is 4. The molecule has 1 aromatic carbocycles. The van der Waals surface area contributed by atoms with E-state index < -0.39 is 0 Å². The van der Waals surface area contributed by atoms with Crippen LogP contribution in [0.1, 0.15) is 5.56 Å². The van der Waals surface area contributed by atoms with Gasteiger partial charge < -0.3 is 4.72 Å². The fourth-order valence-electron chi connectivity index (χ4n) is 1.09. The highest BCUT2D eigenvalue weighted by molar-refractivity contribution is 8.00. The summed E-state index contributed by atoms with van der Waals surface area (Å²) in [6.07, 6.45) is 0. The average molecular weight is 182 g/mol. The minimum Gasteiger partial charge on any atom is -0.329 e. The first-order valence-corrected chi connectivity index (χ1v) is 4.41. The van der Waals surface area contributed by atoms with Crippen LogP contribution >= 0.6 is 11.9 Å². The highest BCUT2D eigenvalue weighted by Crippen LogP contribution is 2.33. The molecule has 0 aromatic heterocycles. The minimum absolute atomic E-state index is 0.142. The van der Waals surface area contributed by atoms with Crippen LogP contribution in [0.5, 0.6) is 0 Å². The molecule has 0 bridgehead atoms. The van der Waals surface area contributed by atoms with E-state index in [1.807, 2.05) is 0 Å². The molecule has 0 saturated heterocycles. The Morgan fingerprint density at radius 3 is 3.17 bits per heavy atom. The lowest BCUT2D eigenvalue weighted by molar-refractivity contribution is -0.384. The molecule has 2 rings (SSSR count). The van der Waals surface area contributed by atoms with Gasteiger partial charge in [-0.2, -0.15) is 0 Å². The van der Waals surface area contributed by atoms with Gasteiger partial charge in [0.15, 0.2) is 0 Å². The minimum atomic E-state index is -0.384. The van der Waals surface area contributed by atoms with Crippen LogP contribution in [0.25, 0.3) is 0 Å². The monoisotopic (exact) mass is 182 g/mol. The number of nitrogens with zero attached hydrogens (tertiary/aromatic N) is 1. The summed E-state index contributed by atoms with van der Waals surface area (Å²) in [4.78, 5) is 9.99. The molecule has 62 valence electrons. The fraction of sp³-hybridized carbons (Fsp3) is 0.143. The van der Waals surface area contributed by atoms with E-state index in [2.05, 4.69) is 4.72 Å². The van der Waals surface area contributed by atoms with Crippen LogP contribution in [0.2, 0.25) is 0 Å². The van der Waals surface area contributed by atoms with E-state index in [1.165, 1.54) is 6.07 Å². The van der Waals surface area contributed by atoms with E-state index in [-0.39, 0.29) is 10.6 Å². The van der Waals surface area contributed by atoms with Gasteiger partial charge in [-0.3, -0.25) is 10.1 Å². The normalized spacial score (nSPS) is 13.7. The predicted octanol–water partition coefficient (Wildman–Crippen LogP) is 2.17. The number of fused-ring (bicyclic) bond motifs is 1. The van der Waals surface area contributed by atoms with Crippen LogP contribution < -0.4 is 4.72 Å². The third-order valence-electron chi connectivity index (χ3n) is 1.71. The van der Waals surface area contributed by atoms with Gasteiger partial charge in [-0.15, -0.1) is 0 Å². The lowest BCUT2D eigenvalue weighted by atomic mass is 10.2. The molecular weight excluding hydrogens is 176 g/mol. The molecule has 0 amide bonds. The van der Waals surface area contributed by atoms with Gasteiger partial charge in [-0.05, 0) is 23.6 Å². The molecule has 1 heterocycles. The van der Waals surface area contributed by atoms with Gasteiger partial charge in [0, 0.05) is 17.9 Å². The number of non-ortho nitro benzene ring substituents is 1. The topological polar surface area (TPSA) is 55.2 Å². The number of nitrogens with one attached hydrogen (secondary N) is 1. The van der Waals surface area contributed by atoms with E-state index in [0.717, 1.165) is 17.0 Å². The first kappa shape index (κ1) is 7.42. The predicted molar refractivity (Wildman–Crippen MR) is 48.0 cm³/mol. The second-order valence-corrected chi connectivity index (χ2v) is 3.27. The Hall–Kier alpha value is -1.23. The van der Waals surface area contributed by atoms with Gasteiger partial charge in [0.1, 0.15) is 0 Å². The van der Waals surface area contributed by atoms with Gasteiger partial charge in [0.25, 0.3) is 5.69 Å². The van der Waals surface area contributed by atoms with Gasteiger partial charge in [0.05, 0.1) is 10.6 Å². The molecule has 12 heavy (non-hydrogen) atoms. The van der Waals surface area contributed by atoms with E-state index in [9.17, 15) is 10.1 Å². The number of rotatable bonds is 1. The van der Waals surface area contributed by atoms with Crippen LogP contribution in [-0.2, 0) is 5.75 Å². The third-order valence-corrected chi connectivity index (χ3v) is 2.53. The summed E-state index contributed by atoms with van der Waals surface area (Å²) in [5.41, 5.74) is 2.14. The van der Waals surface area contributed by atoms with Crippen LogP contribution in [0, 0.1) is 10.1 Å². The number of nitro groups is 1. The molecule has 5 heteroatoms. The molecule has 1 aliphatic rings. The molecule has 0 spiro atoms. The third kappa shape index (κ3) is 1.12. The summed E-state index contributed by atoms with van der Waals surface area (Å²) >= 11 is 1.55. The van der Waals surface area contributed by atoms with E-state index in [1.54, 1.807) is 24.1 Å².